The van der Waals surface area contributed by atoms with Gasteiger partial charge in [0.15, 0.2) is 11.9 Å². The van der Waals surface area contributed by atoms with Gasteiger partial charge >= 0.3 is 0 Å². The molecule has 0 aliphatic carbocycles. The molecule has 0 radical (unpaired) electrons. The van der Waals surface area contributed by atoms with Gasteiger partial charge in [-0.2, -0.15) is 5.10 Å². The van der Waals surface area contributed by atoms with Crippen LogP contribution in [0.15, 0.2) is 42.9 Å². The summed E-state index contributed by atoms with van der Waals surface area (Å²) in [5, 5.41) is 37.4. The lowest BCUT2D eigenvalue weighted by molar-refractivity contribution is -0.0566. The van der Waals surface area contributed by atoms with E-state index in [0.717, 1.165) is 5.69 Å². The molecule has 4 N–H and O–H groups in total. The molecule has 25 heavy (non-hydrogen) atoms. The molecule has 9 nitrogen and oxygen atoms in total. The molecular weight excluding hydrogens is 326 g/mol. The van der Waals surface area contributed by atoms with E-state index in [1.54, 1.807) is 6.20 Å². The Hall–Kier alpha value is -2.59. The van der Waals surface area contributed by atoms with E-state index in [0.29, 0.717) is 16.9 Å². The fraction of sp³-hybridized carbons (Fsp3) is 0.312. The number of anilines is 2. The van der Waals surface area contributed by atoms with Crippen molar-refractivity contribution < 1.29 is 20.1 Å². The second kappa shape index (κ2) is 6.37. The third kappa shape index (κ3) is 2.72. The number of aliphatic hydroxyl groups is 3. The summed E-state index contributed by atoms with van der Waals surface area (Å²) in [6.45, 7) is -0.399. The summed E-state index contributed by atoms with van der Waals surface area (Å²) in [4.78, 5) is 8.45. The number of rotatable bonds is 4. The van der Waals surface area contributed by atoms with Gasteiger partial charge in [-0.05, 0) is 12.1 Å². The third-order valence-corrected chi connectivity index (χ3v) is 4.19. The standard InChI is InChI=1S/C16H17N5O4/c22-7-11-12(23)13(24)16(25-11)21-15-10(6-19-21)14(17-8-18-15)20-9-4-2-1-3-5-9/h1-6,8,11-13,16,22-24H,7H2,(H,17,18,20)/t11-,12+,13+,16-/m0/s1. The number of hydrogen-bond acceptors (Lipinski definition) is 8. The number of ether oxygens (including phenoxy) is 1. The van der Waals surface area contributed by atoms with Crippen molar-refractivity contribution in [3.8, 4) is 0 Å². The molecule has 3 heterocycles. The number of benzene rings is 1. The predicted molar refractivity (Wildman–Crippen MR) is 88.1 cm³/mol. The Kier molecular flexibility index (Phi) is 4.06. The highest BCUT2D eigenvalue weighted by Crippen LogP contribution is 2.32. The molecule has 4 atom stereocenters. The zero-order valence-corrected chi connectivity index (χ0v) is 13.1. The number of para-hydroxylation sites is 1. The molecule has 1 aliphatic rings. The average molecular weight is 343 g/mol. The number of aromatic nitrogens is 4. The lowest BCUT2D eigenvalue weighted by Crippen LogP contribution is -2.33. The molecule has 4 rings (SSSR count). The first kappa shape index (κ1) is 15.9. The minimum absolute atomic E-state index is 0.399. The van der Waals surface area contributed by atoms with Crippen molar-refractivity contribution >= 4 is 22.5 Å². The molecule has 0 saturated carbocycles. The average Bonchev–Trinajstić information content (AvgIpc) is 3.18. The maximum atomic E-state index is 10.2. The Morgan fingerprint density at radius 1 is 1.12 bits per heavy atom. The Morgan fingerprint density at radius 3 is 2.64 bits per heavy atom. The van der Waals surface area contributed by atoms with E-state index in [1.165, 1.54) is 11.0 Å². The zero-order valence-electron chi connectivity index (χ0n) is 13.1. The molecule has 1 aromatic carbocycles. The van der Waals surface area contributed by atoms with Gasteiger partial charge in [0.05, 0.1) is 18.2 Å². The number of nitrogens with one attached hydrogen (secondary N) is 1. The Morgan fingerprint density at radius 2 is 1.92 bits per heavy atom. The van der Waals surface area contributed by atoms with Gasteiger partial charge in [0.2, 0.25) is 0 Å². The fourth-order valence-electron chi connectivity index (χ4n) is 2.89. The second-order valence-corrected chi connectivity index (χ2v) is 5.77. The topological polar surface area (TPSA) is 126 Å². The van der Waals surface area contributed by atoms with Gasteiger partial charge in [-0.3, -0.25) is 0 Å². The van der Waals surface area contributed by atoms with Gasteiger partial charge in [0.1, 0.15) is 30.5 Å². The maximum Gasteiger partial charge on any atom is 0.181 e. The van der Waals surface area contributed by atoms with E-state index in [2.05, 4.69) is 20.4 Å². The molecular formula is C16H17N5O4. The predicted octanol–water partition coefficient (Wildman–Crippen LogP) is 0.181. The number of hydrogen-bond donors (Lipinski definition) is 4. The Labute approximate surface area is 142 Å². The van der Waals surface area contributed by atoms with Crippen LogP contribution in [0.1, 0.15) is 6.23 Å². The van der Waals surface area contributed by atoms with Crippen molar-refractivity contribution in [1.29, 1.82) is 0 Å². The van der Waals surface area contributed by atoms with Crippen molar-refractivity contribution in [2.75, 3.05) is 11.9 Å². The first-order chi connectivity index (χ1) is 12.2. The van der Waals surface area contributed by atoms with Crippen LogP contribution in [0.3, 0.4) is 0 Å². The summed E-state index contributed by atoms with van der Waals surface area (Å²) in [6, 6.07) is 9.54. The number of nitrogens with zero attached hydrogens (tertiary/aromatic N) is 4. The lowest BCUT2D eigenvalue weighted by atomic mass is 10.1. The molecule has 0 bridgehead atoms. The molecule has 2 aromatic heterocycles. The maximum absolute atomic E-state index is 10.2. The van der Waals surface area contributed by atoms with E-state index in [9.17, 15) is 15.3 Å². The fourth-order valence-corrected chi connectivity index (χ4v) is 2.89. The van der Waals surface area contributed by atoms with Crippen LogP contribution >= 0.6 is 0 Å². The van der Waals surface area contributed by atoms with Crippen LogP contribution in [-0.2, 0) is 4.74 Å². The summed E-state index contributed by atoms with van der Waals surface area (Å²) in [7, 11) is 0. The van der Waals surface area contributed by atoms with Crippen molar-refractivity contribution in [3.63, 3.8) is 0 Å². The van der Waals surface area contributed by atoms with Crippen LogP contribution in [0.2, 0.25) is 0 Å². The third-order valence-electron chi connectivity index (χ3n) is 4.19. The summed E-state index contributed by atoms with van der Waals surface area (Å²) in [5.74, 6) is 0.564. The highest BCUT2D eigenvalue weighted by Gasteiger charge is 2.44. The van der Waals surface area contributed by atoms with Crippen molar-refractivity contribution in [1.82, 2.24) is 19.7 Å². The summed E-state index contributed by atoms with van der Waals surface area (Å²) < 4.78 is 6.90. The van der Waals surface area contributed by atoms with E-state index in [1.807, 2.05) is 30.3 Å². The second-order valence-electron chi connectivity index (χ2n) is 5.77. The van der Waals surface area contributed by atoms with Gasteiger partial charge < -0.3 is 25.4 Å². The van der Waals surface area contributed by atoms with Crippen LogP contribution < -0.4 is 5.32 Å². The van der Waals surface area contributed by atoms with Crippen molar-refractivity contribution in [2.24, 2.45) is 0 Å². The highest BCUT2D eigenvalue weighted by atomic mass is 16.6. The van der Waals surface area contributed by atoms with Crippen LogP contribution in [-0.4, -0.2) is 60.0 Å². The molecule has 1 fully saturated rings. The number of fused-ring (bicyclic) bond motifs is 1. The quantitative estimate of drug-likeness (QED) is 0.529. The Bertz CT molecular complexity index is 871. The molecule has 1 aliphatic heterocycles. The van der Waals surface area contributed by atoms with Crippen LogP contribution in [0.5, 0.6) is 0 Å². The van der Waals surface area contributed by atoms with Crippen LogP contribution in [0.25, 0.3) is 11.0 Å². The van der Waals surface area contributed by atoms with Crippen molar-refractivity contribution in [3.05, 3.63) is 42.9 Å². The largest absolute Gasteiger partial charge is 0.394 e. The van der Waals surface area contributed by atoms with Crippen LogP contribution in [0, 0.1) is 0 Å². The zero-order chi connectivity index (χ0) is 17.4. The molecule has 0 unspecified atom stereocenters. The minimum atomic E-state index is -1.22. The smallest absolute Gasteiger partial charge is 0.181 e. The Balaban J connectivity index is 1.70. The summed E-state index contributed by atoms with van der Waals surface area (Å²) >= 11 is 0. The van der Waals surface area contributed by atoms with Gasteiger partial charge in [0, 0.05) is 5.69 Å². The molecule has 1 saturated heterocycles. The van der Waals surface area contributed by atoms with Gasteiger partial charge in [0.25, 0.3) is 0 Å². The molecule has 130 valence electrons. The SMILES string of the molecule is OC[C@@H]1O[C@H](n2ncc3c(Nc4ccccc4)ncnc32)[C@H](O)[C@@H]1O. The first-order valence-corrected chi connectivity index (χ1v) is 7.82. The van der Waals surface area contributed by atoms with Crippen LogP contribution in [0.4, 0.5) is 11.5 Å². The molecule has 3 aromatic rings. The van der Waals surface area contributed by atoms with E-state index in [-0.39, 0.29) is 0 Å². The normalized spacial score (nSPS) is 26.2. The molecule has 0 spiro atoms. The molecule has 0 amide bonds. The molecule has 9 heteroatoms. The van der Waals surface area contributed by atoms with E-state index < -0.39 is 31.1 Å². The number of aliphatic hydroxyl groups excluding tert-OH is 3. The van der Waals surface area contributed by atoms with E-state index >= 15 is 0 Å². The first-order valence-electron chi connectivity index (χ1n) is 7.82. The van der Waals surface area contributed by atoms with E-state index in [4.69, 9.17) is 4.74 Å². The summed E-state index contributed by atoms with van der Waals surface area (Å²) in [5.41, 5.74) is 1.31. The highest BCUT2D eigenvalue weighted by molar-refractivity contribution is 5.88. The lowest BCUT2D eigenvalue weighted by Gasteiger charge is -2.15. The van der Waals surface area contributed by atoms with Gasteiger partial charge in [-0.15, -0.1) is 0 Å². The monoisotopic (exact) mass is 343 g/mol. The van der Waals surface area contributed by atoms with Crippen molar-refractivity contribution in [2.45, 2.75) is 24.5 Å². The van der Waals surface area contributed by atoms with Gasteiger partial charge in [-0.25, -0.2) is 14.6 Å². The van der Waals surface area contributed by atoms with Gasteiger partial charge in [-0.1, -0.05) is 18.2 Å². The minimum Gasteiger partial charge on any atom is -0.394 e. The summed E-state index contributed by atoms with van der Waals surface area (Å²) in [6.07, 6.45) is -1.28.